The van der Waals surface area contributed by atoms with Crippen molar-refractivity contribution in [1.29, 1.82) is 0 Å². The molecule has 1 atom stereocenters. The highest BCUT2D eigenvalue weighted by molar-refractivity contribution is 5.29. The van der Waals surface area contributed by atoms with Gasteiger partial charge in [0.15, 0.2) is 0 Å². The summed E-state index contributed by atoms with van der Waals surface area (Å²) in [5, 5.41) is 3.32. The number of benzene rings is 1. The monoisotopic (exact) mass is 273 g/mol. The number of rotatable bonds is 7. The maximum atomic E-state index is 5.06. The van der Waals surface area contributed by atoms with E-state index < -0.39 is 0 Å². The number of aryl methyl sites for hydroxylation is 1. The number of methoxy groups -OCH3 is 1. The first-order chi connectivity index (χ1) is 9.70. The van der Waals surface area contributed by atoms with Gasteiger partial charge in [0.25, 0.3) is 0 Å². The number of imidazole rings is 1. The van der Waals surface area contributed by atoms with Crippen LogP contribution in [-0.4, -0.2) is 29.8 Å². The van der Waals surface area contributed by atoms with Crippen LogP contribution in [0, 0.1) is 6.92 Å². The molecule has 4 nitrogen and oxygen atoms in total. The van der Waals surface area contributed by atoms with E-state index in [9.17, 15) is 0 Å². The predicted molar refractivity (Wildman–Crippen MR) is 82.2 cm³/mol. The third-order valence-corrected chi connectivity index (χ3v) is 3.33. The van der Waals surface area contributed by atoms with Gasteiger partial charge in [0.1, 0.15) is 0 Å². The van der Waals surface area contributed by atoms with Gasteiger partial charge in [0, 0.05) is 26.4 Å². The van der Waals surface area contributed by atoms with Gasteiger partial charge in [-0.25, -0.2) is 4.98 Å². The Morgan fingerprint density at radius 3 is 2.75 bits per heavy atom. The van der Waals surface area contributed by atoms with E-state index in [4.69, 9.17) is 4.74 Å². The van der Waals surface area contributed by atoms with Crippen LogP contribution >= 0.6 is 0 Å². The molecule has 0 aliphatic heterocycles. The molecule has 0 aliphatic carbocycles. The van der Waals surface area contributed by atoms with Gasteiger partial charge in [0.2, 0.25) is 5.95 Å². The van der Waals surface area contributed by atoms with E-state index >= 15 is 0 Å². The summed E-state index contributed by atoms with van der Waals surface area (Å²) >= 11 is 0. The fraction of sp³-hybridized carbons (Fsp3) is 0.438. The number of hydrogen-bond donors (Lipinski definition) is 1. The van der Waals surface area contributed by atoms with Gasteiger partial charge in [-0.1, -0.05) is 37.3 Å². The molecule has 1 aromatic carbocycles. The average Bonchev–Trinajstić information content (AvgIpc) is 2.80. The van der Waals surface area contributed by atoms with Crippen molar-refractivity contribution in [1.82, 2.24) is 9.55 Å². The molecule has 20 heavy (non-hydrogen) atoms. The van der Waals surface area contributed by atoms with Gasteiger partial charge in [-0.2, -0.15) is 0 Å². The van der Waals surface area contributed by atoms with Gasteiger partial charge in [-0.3, -0.25) is 0 Å². The van der Waals surface area contributed by atoms with Gasteiger partial charge in [-0.05, 0) is 18.4 Å². The minimum absolute atomic E-state index is 0.452. The molecule has 0 amide bonds. The van der Waals surface area contributed by atoms with Gasteiger partial charge in [-0.15, -0.1) is 0 Å². The zero-order valence-corrected chi connectivity index (χ0v) is 12.5. The van der Waals surface area contributed by atoms with Crippen molar-refractivity contribution in [2.75, 3.05) is 25.6 Å². The molecular formula is C16H23N3O. The summed E-state index contributed by atoms with van der Waals surface area (Å²) in [4.78, 5) is 4.53. The first-order valence-corrected chi connectivity index (χ1v) is 7.02. The van der Waals surface area contributed by atoms with Crippen LogP contribution in [0.1, 0.15) is 24.1 Å². The number of aromatic nitrogens is 2. The largest absolute Gasteiger partial charge is 0.383 e. The standard InChI is InChI=1S/C16H23N3O/c1-13(15-7-5-4-6-8-15)11-19-12-14(2)18-16(19)17-9-10-20-3/h4-8,12-13H,9-11H2,1-3H3,(H,17,18). The lowest BCUT2D eigenvalue weighted by atomic mass is 10.0. The summed E-state index contributed by atoms with van der Waals surface area (Å²) in [7, 11) is 1.71. The third kappa shape index (κ3) is 3.84. The Bertz CT molecular complexity index is 522. The van der Waals surface area contributed by atoms with Crippen molar-refractivity contribution in [3.8, 4) is 0 Å². The summed E-state index contributed by atoms with van der Waals surface area (Å²) in [5.41, 5.74) is 2.38. The van der Waals surface area contributed by atoms with Crippen molar-refractivity contribution in [2.45, 2.75) is 26.3 Å². The fourth-order valence-corrected chi connectivity index (χ4v) is 2.27. The highest BCUT2D eigenvalue weighted by Crippen LogP contribution is 2.19. The van der Waals surface area contributed by atoms with E-state index in [0.29, 0.717) is 12.5 Å². The molecule has 0 aliphatic rings. The smallest absolute Gasteiger partial charge is 0.203 e. The fourth-order valence-electron chi connectivity index (χ4n) is 2.27. The van der Waals surface area contributed by atoms with E-state index in [1.54, 1.807) is 7.11 Å². The third-order valence-electron chi connectivity index (χ3n) is 3.33. The summed E-state index contributed by atoms with van der Waals surface area (Å²) in [6, 6.07) is 10.6. The van der Waals surface area contributed by atoms with E-state index in [0.717, 1.165) is 24.7 Å². The van der Waals surface area contributed by atoms with Crippen molar-refractivity contribution in [3.05, 3.63) is 47.8 Å². The van der Waals surface area contributed by atoms with Gasteiger partial charge < -0.3 is 14.6 Å². The molecule has 108 valence electrons. The van der Waals surface area contributed by atoms with Crippen LogP contribution in [0.15, 0.2) is 36.5 Å². The summed E-state index contributed by atoms with van der Waals surface area (Å²) in [6.07, 6.45) is 2.09. The molecule has 2 rings (SSSR count). The number of nitrogens with one attached hydrogen (secondary N) is 1. The van der Waals surface area contributed by atoms with Crippen molar-refractivity contribution < 1.29 is 4.74 Å². The topological polar surface area (TPSA) is 39.1 Å². The Morgan fingerprint density at radius 2 is 2.05 bits per heavy atom. The lowest BCUT2D eigenvalue weighted by Crippen LogP contribution is -2.14. The van der Waals surface area contributed by atoms with Crippen LogP contribution in [-0.2, 0) is 11.3 Å². The molecule has 1 heterocycles. The first-order valence-electron chi connectivity index (χ1n) is 7.02. The zero-order chi connectivity index (χ0) is 14.4. The molecule has 0 fully saturated rings. The lowest BCUT2D eigenvalue weighted by molar-refractivity contribution is 0.210. The molecule has 0 bridgehead atoms. The Labute approximate surface area is 120 Å². The molecule has 2 aromatic rings. The SMILES string of the molecule is COCCNc1nc(C)cn1CC(C)c1ccccc1. The minimum Gasteiger partial charge on any atom is -0.383 e. The summed E-state index contributed by atoms with van der Waals surface area (Å²) in [5.74, 6) is 1.37. The van der Waals surface area contributed by atoms with Crippen LogP contribution in [0.5, 0.6) is 0 Å². The van der Waals surface area contributed by atoms with E-state index in [2.05, 4.69) is 58.3 Å². The van der Waals surface area contributed by atoms with Crippen molar-refractivity contribution in [2.24, 2.45) is 0 Å². The Hall–Kier alpha value is -1.81. The summed E-state index contributed by atoms with van der Waals surface area (Å²) in [6.45, 7) is 6.63. The van der Waals surface area contributed by atoms with Gasteiger partial charge >= 0.3 is 0 Å². The molecule has 1 aromatic heterocycles. The van der Waals surface area contributed by atoms with Crippen molar-refractivity contribution in [3.63, 3.8) is 0 Å². The highest BCUT2D eigenvalue weighted by atomic mass is 16.5. The average molecular weight is 273 g/mol. The lowest BCUT2D eigenvalue weighted by Gasteiger charge is -2.15. The quantitative estimate of drug-likeness (QED) is 0.788. The van der Waals surface area contributed by atoms with Gasteiger partial charge in [0.05, 0.1) is 12.3 Å². The van der Waals surface area contributed by atoms with Crippen LogP contribution in [0.3, 0.4) is 0 Å². The molecule has 0 saturated carbocycles. The number of anilines is 1. The molecule has 0 saturated heterocycles. The molecule has 1 unspecified atom stereocenters. The van der Waals surface area contributed by atoms with Crippen molar-refractivity contribution >= 4 is 5.95 Å². The second-order valence-corrected chi connectivity index (χ2v) is 5.09. The number of ether oxygens (including phenoxy) is 1. The maximum Gasteiger partial charge on any atom is 0.203 e. The van der Waals surface area contributed by atoms with E-state index in [1.807, 2.05) is 6.92 Å². The van der Waals surface area contributed by atoms with E-state index in [1.165, 1.54) is 5.56 Å². The van der Waals surface area contributed by atoms with Crippen LogP contribution in [0.25, 0.3) is 0 Å². The van der Waals surface area contributed by atoms with Crippen LogP contribution in [0.4, 0.5) is 5.95 Å². The first kappa shape index (κ1) is 14.6. The molecular weight excluding hydrogens is 250 g/mol. The Morgan fingerprint density at radius 1 is 1.30 bits per heavy atom. The Balaban J connectivity index is 2.05. The maximum absolute atomic E-state index is 5.06. The molecule has 0 spiro atoms. The normalized spacial score (nSPS) is 12.3. The van der Waals surface area contributed by atoms with Crippen LogP contribution in [0.2, 0.25) is 0 Å². The summed E-state index contributed by atoms with van der Waals surface area (Å²) < 4.78 is 7.24. The Kier molecular flexibility index (Phi) is 5.18. The number of nitrogens with zero attached hydrogens (tertiary/aromatic N) is 2. The van der Waals surface area contributed by atoms with E-state index in [-0.39, 0.29) is 0 Å². The second kappa shape index (κ2) is 7.10. The highest BCUT2D eigenvalue weighted by Gasteiger charge is 2.10. The molecule has 1 N–H and O–H groups in total. The minimum atomic E-state index is 0.452. The number of hydrogen-bond acceptors (Lipinski definition) is 3. The van der Waals surface area contributed by atoms with Crippen LogP contribution < -0.4 is 5.32 Å². The predicted octanol–water partition coefficient (Wildman–Crippen LogP) is 3.05. The zero-order valence-electron chi connectivity index (χ0n) is 12.5. The molecule has 4 heteroatoms. The molecule has 0 radical (unpaired) electrons. The second-order valence-electron chi connectivity index (χ2n) is 5.09.